The van der Waals surface area contributed by atoms with Gasteiger partial charge >= 0.3 is 12.0 Å². The van der Waals surface area contributed by atoms with Crippen LogP contribution in [0.2, 0.25) is 0 Å². The second kappa shape index (κ2) is 6.75. The number of nitrogens with one attached hydrogen (secondary N) is 1. The van der Waals surface area contributed by atoms with Crippen molar-refractivity contribution in [2.24, 2.45) is 5.92 Å². The maximum Gasteiger partial charge on any atom is 0.317 e. The third-order valence-electron chi connectivity index (χ3n) is 3.58. The van der Waals surface area contributed by atoms with E-state index < -0.39 is 11.6 Å². The molecule has 0 aromatic carbocycles. The molecule has 3 N–H and O–H groups in total. The van der Waals surface area contributed by atoms with E-state index >= 15 is 0 Å². The summed E-state index contributed by atoms with van der Waals surface area (Å²) < 4.78 is 0. The van der Waals surface area contributed by atoms with Crippen LogP contribution in [0.25, 0.3) is 0 Å². The van der Waals surface area contributed by atoms with Crippen LogP contribution in [0.15, 0.2) is 0 Å². The van der Waals surface area contributed by atoms with Crippen LogP contribution in [-0.2, 0) is 4.79 Å². The lowest BCUT2D eigenvalue weighted by Gasteiger charge is -2.35. The molecule has 0 spiro atoms. The highest BCUT2D eigenvalue weighted by Gasteiger charge is 2.29. The molecule has 0 aromatic heterocycles. The Morgan fingerprint density at radius 1 is 1.37 bits per heavy atom. The lowest BCUT2D eigenvalue weighted by molar-refractivity contribution is -0.137. The number of carbonyl (C=O) groups is 2. The zero-order valence-corrected chi connectivity index (χ0v) is 11.7. The molecule has 1 unspecified atom stereocenters. The molecule has 19 heavy (non-hydrogen) atoms. The highest BCUT2D eigenvalue weighted by atomic mass is 16.4. The minimum atomic E-state index is -0.809. The number of hydrogen-bond acceptors (Lipinski definition) is 3. The number of hydrogen-bond donors (Lipinski definition) is 3. The fourth-order valence-corrected chi connectivity index (χ4v) is 2.04. The first-order valence-corrected chi connectivity index (χ1v) is 6.77. The molecule has 1 fully saturated rings. The Labute approximate surface area is 113 Å². The first kappa shape index (κ1) is 15.8. The van der Waals surface area contributed by atoms with Crippen molar-refractivity contribution < 1.29 is 19.8 Å². The third kappa shape index (κ3) is 5.92. The fourth-order valence-electron chi connectivity index (χ4n) is 2.04. The van der Waals surface area contributed by atoms with Gasteiger partial charge in [0.1, 0.15) is 0 Å². The van der Waals surface area contributed by atoms with Gasteiger partial charge in [-0.3, -0.25) is 4.79 Å². The molecule has 0 aromatic rings. The Morgan fingerprint density at radius 2 is 1.95 bits per heavy atom. The normalized spacial score (nSPS) is 19.8. The molecule has 6 heteroatoms. The van der Waals surface area contributed by atoms with Gasteiger partial charge in [0.15, 0.2) is 0 Å². The van der Waals surface area contributed by atoms with Gasteiger partial charge in [0.25, 0.3) is 0 Å². The van der Waals surface area contributed by atoms with Crippen LogP contribution in [0, 0.1) is 5.92 Å². The van der Waals surface area contributed by atoms with Crippen LogP contribution in [0.4, 0.5) is 4.79 Å². The van der Waals surface area contributed by atoms with Crippen LogP contribution in [0.3, 0.4) is 0 Å². The molecule has 0 aliphatic carbocycles. The van der Waals surface area contributed by atoms with E-state index in [4.69, 9.17) is 5.11 Å². The highest BCUT2D eigenvalue weighted by molar-refractivity contribution is 5.74. The van der Waals surface area contributed by atoms with Crippen molar-refractivity contribution in [1.82, 2.24) is 10.2 Å². The zero-order valence-electron chi connectivity index (χ0n) is 11.7. The third-order valence-corrected chi connectivity index (χ3v) is 3.58. The average Bonchev–Trinajstić information content (AvgIpc) is 2.33. The summed E-state index contributed by atoms with van der Waals surface area (Å²) in [5.41, 5.74) is -0.661. The minimum Gasteiger partial charge on any atom is -0.481 e. The number of carboxylic acids is 1. The van der Waals surface area contributed by atoms with E-state index in [0.29, 0.717) is 38.9 Å². The smallest absolute Gasteiger partial charge is 0.317 e. The molecule has 110 valence electrons. The first-order valence-electron chi connectivity index (χ1n) is 6.77. The van der Waals surface area contributed by atoms with Crippen LogP contribution < -0.4 is 5.32 Å². The maximum atomic E-state index is 11.9. The molecule has 0 bridgehead atoms. The van der Waals surface area contributed by atoms with Crippen molar-refractivity contribution in [2.75, 3.05) is 19.6 Å². The first-order chi connectivity index (χ1) is 8.80. The summed E-state index contributed by atoms with van der Waals surface area (Å²) in [6.07, 6.45) is 1.87. The SMILES string of the molecule is CC(CCC(=O)O)CNC(=O)N1CCC(C)(O)CC1. The monoisotopic (exact) mass is 272 g/mol. The zero-order chi connectivity index (χ0) is 14.5. The molecule has 1 aliphatic rings. The Kier molecular flexibility index (Phi) is 5.60. The van der Waals surface area contributed by atoms with E-state index in [0.717, 1.165) is 0 Å². The number of rotatable bonds is 5. The van der Waals surface area contributed by atoms with Crippen LogP contribution in [-0.4, -0.2) is 52.3 Å². The second-order valence-corrected chi connectivity index (χ2v) is 5.71. The lowest BCUT2D eigenvalue weighted by atomic mass is 9.94. The molecule has 1 heterocycles. The van der Waals surface area contributed by atoms with Crippen LogP contribution in [0.5, 0.6) is 0 Å². The summed E-state index contributed by atoms with van der Waals surface area (Å²) in [5, 5.41) is 21.2. The van der Waals surface area contributed by atoms with Gasteiger partial charge < -0.3 is 20.4 Å². The number of carboxylic acid groups (broad SMARTS) is 1. The number of aliphatic hydroxyl groups is 1. The molecule has 2 amide bonds. The summed E-state index contributed by atoms with van der Waals surface area (Å²) in [6, 6.07) is -0.127. The van der Waals surface area contributed by atoms with Crippen molar-refractivity contribution in [2.45, 2.75) is 45.1 Å². The molecule has 0 radical (unpaired) electrons. The standard InChI is InChI=1S/C13H24N2O4/c1-10(3-4-11(16)17)9-14-12(18)15-7-5-13(2,19)6-8-15/h10,19H,3-9H2,1-2H3,(H,14,18)(H,16,17). The van der Waals surface area contributed by atoms with Gasteiger partial charge in [-0.1, -0.05) is 6.92 Å². The van der Waals surface area contributed by atoms with Crippen LogP contribution >= 0.6 is 0 Å². The van der Waals surface area contributed by atoms with Gasteiger partial charge in [0.2, 0.25) is 0 Å². The van der Waals surface area contributed by atoms with Crippen LogP contribution in [0.1, 0.15) is 39.5 Å². The van der Waals surface area contributed by atoms with E-state index in [-0.39, 0.29) is 18.4 Å². The Hall–Kier alpha value is -1.30. The largest absolute Gasteiger partial charge is 0.481 e. The number of nitrogens with zero attached hydrogens (tertiary/aromatic N) is 1. The van der Waals surface area contributed by atoms with Gasteiger partial charge in [0, 0.05) is 26.1 Å². The van der Waals surface area contributed by atoms with Gasteiger partial charge in [-0.05, 0) is 32.1 Å². The van der Waals surface area contributed by atoms with Crippen molar-refractivity contribution in [1.29, 1.82) is 0 Å². The van der Waals surface area contributed by atoms with Crippen molar-refractivity contribution in [3.63, 3.8) is 0 Å². The number of amides is 2. The van der Waals surface area contributed by atoms with Gasteiger partial charge in [-0.25, -0.2) is 4.79 Å². The van der Waals surface area contributed by atoms with Gasteiger partial charge in [-0.2, -0.15) is 0 Å². The minimum absolute atomic E-state index is 0.127. The maximum absolute atomic E-state index is 11.9. The van der Waals surface area contributed by atoms with E-state index in [9.17, 15) is 14.7 Å². The van der Waals surface area contributed by atoms with E-state index in [1.807, 2.05) is 6.92 Å². The quantitative estimate of drug-likeness (QED) is 0.697. The summed E-state index contributed by atoms with van der Waals surface area (Å²) in [6.45, 7) is 5.31. The molecule has 1 aliphatic heterocycles. The Balaban J connectivity index is 2.22. The summed E-state index contributed by atoms with van der Waals surface area (Å²) in [5.74, 6) is -0.663. The highest BCUT2D eigenvalue weighted by Crippen LogP contribution is 2.20. The number of likely N-dealkylation sites (tertiary alicyclic amines) is 1. The predicted molar refractivity (Wildman–Crippen MR) is 70.9 cm³/mol. The molecular formula is C13H24N2O4. The number of carbonyl (C=O) groups excluding carboxylic acids is 1. The Morgan fingerprint density at radius 3 is 2.47 bits per heavy atom. The lowest BCUT2D eigenvalue weighted by Crippen LogP contribution is -2.49. The van der Waals surface area contributed by atoms with Gasteiger partial charge in [-0.15, -0.1) is 0 Å². The van der Waals surface area contributed by atoms with E-state index in [1.54, 1.807) is 11.8 Å². The number of urea groups is 1. The Bertz CT molecular complexity index is 321. The molecule has 1 saturated heterocycles. The molecular weight excluding hydrogens is 248 g/mol. The topological polar surface area (TPSA) is 89.9 Å². The number of aliphatic carboxylic acids is 1. The molecule has 1 rings (SSSR count). The predicted octanol–water partition coefficient (Wildman–Crippen LogP) is 1.04. The van der Waals surface area contributed by atoms with Crippen molar-refractivity contribution in [3.8, 4) is 0 Å². The summed E-state index contributed by atoms with van der Waals surface area (Å²) in [4.78, 5) is 24.0. The average molecular weight is 272 g/mol. The number of piperidine rings is 1. The summed E-state index contributed by atoms with van der Waals surface area (Å²) >= 11 is 0. The van der Waals surface area contributed by atoms with E-state index in [1.165, 1.54) is 0 Å². The molecule has 0 saturated carbocycles. The van der Waals surface area contributed by atoms with Gasteiger partial charge in [0.05, 0.1) is 5.60 Å². The molecule has 1 atom stereocenters. The fraction of sp³-hybridized carbons (Fsp3) is 0.846. The van der Waals surface area contributed by atoms with E-state index in [2.05, 4.69) is 5.32 Å². The van der Waals surface area contributed by atoms with Crippen molar-refractivity contribution in [3.05, 3.63) is 0 Å². The van der Waals surface area contributed by atoms with Crippen molar-refractivity contribution >= 4 is 12.0 Å². The molecule has 6 nitrogen and oxygen atoms in total. The second-order valence-electron chi connectivity index (χ2n) is 5.71. The summed E-state index contributed by atoms with van der Waals surface area (Å²) in [7, 11) is 0.